The number of ether oxygens (including phenoxy) is 3. The van der Waals surface area contributed by atoms with Crippen LogP contribution in [0.5, 0.6) is 17.2 Å². The molecule has 1 heterocycles. The molecule has 1 saturated carbocycles. The van der Waals surface area contributed by atoms with Gasteiger partial charge in [-0.25, -0.2) is 4.39 Å². The van der Waals surface area contributed by atoms with E-state index in [1.165, 1.54) is 19.6 Å². The number of halogens is 1. The van der Waals surface area contributed by atoms with E-state index in [0.29, 0.717) is 31.3 Å². The van der Waals surface area contributed by atoms with Crippen molar-refractivity contribution in [3.05, 3.63) is 17.4 Å². The van der Waals surface area contributed by atoms with Crippen molar-refractivity contribution in [2.75, 3.05) is 26.9 Å². The Kier molecular flexibility index (Phi) is 4.43. The van der Waals surface area contributed by atoms with Gasteiger partial charge in [-0.15, -0.1) is 0 Å². The van der Waals surface area contributed by atoms with Gasteiger partial charge in [-0.1, -0.05) is 19.3 Å². The molecule has 1 aliphatic heterocycles. The normalized spacial score (nSPS) is 20.3. The SMILES string of the molecule is COc1c(F)cc2c(c1C1(CN)CCCCC1)OCCCO2. The lowest BCUT2D eigenvalue weighted by Crippen LogP contribution is -2.38. The van der Waals surface area contributed by atoms with Crippen LogP contribution in [0.25, 0.3) is 0 Å². The van der Waals surface area contributed by atoms with E-state index in [2.05, 4.69) is 0 Å². The van der Waals surface area contributed by atoms with Crippen LogP contribution >= 0.6 is 0 Å². The lowest BCUT2D eigenvalue weighted by Gasteiger charge is -2.38. The highest BCUT2D eigenvalue weighted by atomic mass is 19.1. The first-order valence-electron chi connectivity index (χ1n) is 8.08. The molecule has 2 aliphatic rings. The highest BCUT2D eigenvalue weighted by molar-refractivity contribution is 5.59. The minimum Gasteiger partial charge on any atom is -0.493 e. The molecule has 1 aliphatic carbocycles. The third kappa shape index (κ3) is 2.51. The Morgan fingerprint density at radius 2 is 1.91 bits per heavy atom. The standard InChI is InChI=1S/C17H24FNO3/c1-20-15-12(18)10-13-16(22-9-5-8-21-13)14(15)17(11-19)6-3-2-4-7-17/h10H,2-9,11,19H2,1H3. The van der Waals surface area contributed by atoms with Crippen molar-refractivity contribution in [3.63, 3.8) is 0 Å². The van der Waals surface area contributed by atoms with Crippen molar-refractivity contribution in [1.82, 2.24) is 0 Å². The smallest absolute Gasteiger partial charge is 0.169 e. The predicted octanol–water partition coefficient (Wildman–Crippen LogP) is 3.16. The molecule has 0 amide bonds. The number of methoxy groups -OCH3 is 1. The molecule has 0 bridgehead atoms. The maximum atomic E-state index is 14.5. The van der Waals surface area contributed by atoms with E-state index >= 15 is 0 Å². The second-order valence-electron chi connectivity index (χ2n) is 6.19. The summed E-state index contributed by atoms with van der Waals surface area (Å²) in [4.78, 5) is 0. The first kappa shape index (κ1) is 15.4. The summed E-state index contributed by atoms with van der Waals surface area (Å²) in [7, 11) is 1.50. The van der Waals surface area contributed by atoms with Gasteiger partial charge in [-0.05, 0) is 12.8 Å². The fourth-order valence-corrected chi connectivity index (χ4v) is 3.72. The van der Waals surface area contributed by atoms with Gasteiger partial charge in [-0.2, -0.15) is 0 Å². The zero-order chi connectivity index (χ0) is 15.6. The van der Waals surface area contributed by atoms with Crippen molar-refractivity contribution < 1.29 is 18.6 Å². The molecule has 0 saturated heterocycles. The fourth-order valence-electron chi connectivity index (χ4n) is 3.72. The van der Waals surface area contributed by atoms with Gasteiger partial charge in [0.25, 0.3) is 0 Å². The highest BCUT2D eigenvalue weighted by Gasteiger charge is 2.40. The van der Waals surface area contributed by atoms with E-state index in [1.54, 1.807) is 0 Å². The summed E-state index contributed by atoms with van der Waals surface area (Å²) < 4.78 is 31.5. The molecular formula is C17H24FNO3. The molecule has 1 aromatic carbocycles. The summed E-state index contributed by atoms with van der Waals surface area (Å²) in [5.74, 6) is 0.962. The molecule has 0 atom stereocenters. The van der Waals surface area contributed by atoms with Crippen molar-refractivity contribution >= 4 is 0 Å². The maximum Gasteiger partial charge on any atom is 0.169 e. The van der Waals surface area contributed by atoms with E-state index < -0.39 is 5.82 Å². The molecule has 22 heavy (non-hydrogen) atoms. The van der Waals surface area contributed by atoms with E-state index in [1.807, 2.05) is 0 Å². The Balaban J connectivity index is 2.20. The van der Waals surface area contributed by atoms with Gasteiger partial charge in [0, 0.05) is 24.4 Å². The zero-order valence-corrected chi connectivity index (χ0v) is 13.1. The van der Waals surface area contributed by atoms with Crippen molar-refractivity contribution in [1.29, 1.82) is 0 Å². The van der Waals surface area contributed by atoms with E-state index in [9.17, 15) is 4.39 Å². The number of rotatable bonds is 3. The van der Waals surface area contributed by atoms with Gasteiger partial charge < -0.3 is 19.9 Å². The van der Waals surface area contributed by atoms with Crippen LogP contribution in [0.1, 0.15) is 44.1 Å². The number of fused-ring (bicyclic) bond motifs is 1. The van der Waals surface area contributed by atoms with E-state index in [4.69, 9.17) is 19.9 Å². The molecule has 2 N–H and O–H groups in total. The average Bonchev–Trinajstić information content (AvgIpc) is 2.79. The molecule has 1 aromatic rings. The molecule has 3 rings (SSSR count). The molecule has 0 spiro atoms. The van der Waals surface area contributed by atoms with Crippen LogP contribution in [0.15, 0.2) is 6.07 Å². The third-order valence-corrected chi connectivity index (χ3v) is 4.88. The van der Waals surface area contributed by atoms with Crippen LogP contribution in [0.2, 0.25) is 0 Å². The van der Waals surface area contributed by atoms with Crippen molar-refractivity contribution in [2.24, 2.45) is 5.73 Å². The molecule has 5 heteroatoms. The topological polar surface area (TPSA) is 53.7 Å². The van der Waals surface area contributed by atoms with Crippen LogP contribution in [-0.4, -0.2) is 26.9 Å². The molecular weight excluding hydrogens is 285 g/mol. The minimum absolute atomic E-state index is 0.261. The summed E-state index contributed by atoms with van der Waals surface area (Å²) in [6.07, 6.45) is 6.02. The summed E-state index contributed by atoms with van der Waals surface area (Å²) in [6.45, 7) is 1.56. The quantitative estimate of drug-likeness (QED) is 0.932. The Bertz CT molecular complexity index is 541. The van der Waals surface area contributed by atoms with E-state index in [0.717, 1.165) is 37.7 Å². The van der Waals surface area contributed by atoms with Crippen LogP contribution in [0.3, 0.4) is 0 Å². The van der Waals surface area contributed by atoms with Crippen molar-refractivity contribution in [2.45, 2.75) is 43.9 Å². The lowest BCUT2D eigenvalue weighted by molar-refractivity contribution is 0.258. The Hall–Kier alpha value is -1.49. The van der Waals surface area contributed by atoms with Crippen LogP contribution in [0.4, 0.5) is 4.39 Å². The van der Waals surface area contributed by atoms with Crippen LogP contribution in [0, 0.1) is 5.82 Å². The molecule has 0 radical (unpaired) electrons. The maximum absolute atomic E-state index is 14.5. The Morgan fingerprint density at radius 1 is 1.18 bits per heavy atom. The second kappa shape index (κ2) is 6.32. The van der Waals surface area contributed by atoms with Gasteiger partial charge in [0.1, 0.15) is 0 Å². The number of hydrogen-bond donors (Lipinski definition) is 1. The number of benzene rings is 1. The molecule has 1 fully saturated rings. The van der Waals surface area contributed by atoms with Gasteiger partial charge in [-0.3, -0.25) is 0 Å². The van der Waals surface area contributed by atoms with Crippen LogP contribution < -0.4 is 19.9 Å². The van der Waals surface area contributed by atoms with Crippen LogP contribution in [-0.2, 0) is 5.41 Å². The first-order valence-corrected chi connectivity index (χ1v) is 8.08. The minimum atomic E-state index is -0.403. The Labute approximate surface area is 130 Å². The largest absolute Gasteiger partial charge is 0.493 e. The lowest BCUT2D eigenvalue weighted by atomic mass is 9.68. The number of nitrogens with two attached hydrogens (primary N) is 1. The zero-order valence-electron chi connectivity index (χ0n) is 13.1. The number of hydrogen-bond acceptors (Lipinski definition) is 4. The summed E-state index contributed by atoms with van der Waals surface area (Å²) >= 11 is 0. The van der Waals surface area contributed by atoms with Gasteiger partial charge >= 0.3 is 0 Å². The summed E-state index contributed by atoms with van der Waals surface area (Å²) in [5, 5.41) is 0. The molecule has 0 unspecified atom stereocenters. The molecule has 0 aromatic heterocycles. The predicted molar refractivity (Wildman–Crippen MR) is 82.4 cm³/mol. The third-order valence-electron chi connectivity index (χ3n) is 4.88. The molecule has 122 valence electrons. The first-order chi connectivity index (χ1) is 10.7. The summed E-state index contributed by atoms with van der Waals surface area (Å²) in [5.41, 5.74) is 6.63. The summed E-state index contributed by atoms with van der Waals surface area (Å²) in [6, 6.07) is 1.37. The van der Waals surface area contributed by atoms with Gasteiger partial charge in [0.15, 0.2) is 23.1 Å². The monoisotopic (exact) mass is 309 g/mol. The van der Waals surface area contributed by atoms with E-state index in [-0.39, 0.29) is 11.2 Å². The Morgan fingerprint density at radius 3 is 2.59 bits per heavy atom. The molecule has 4 nitrogen and oxygen atoms in total. The second-order valence-corrected chi connectivity index (χ2v) is 6.19. The van der Waals surface area contributed by atoms with Gasteiger partial charge in [0.2, 0.25) is 0 Å². The van der Waals surface area contributed by atoms with Gasteiger partial charge in [0.05, 0.1) is 25.9 Å². The highest BCUT2D eigenvalue weighted by Crippen LogP contribution is 2.51. The fraction of sp³-hybridized carbons (Fsp3) is 0.647. The average molecular weight is 309 g/mol. The van der Waals surface area contributed by atoms with Crippen molar-refractivity contribution in [3.8, 4) is 17.2 Å².